The first-order valence-corrected chi connectivity index (χ1v) is 5.57. The average Bonchev–Trinajstić information content (AvgIpc) is 2.68. The Morgan fingerprint density at radius 2 is 2.12 bits per heavy atom. The van der Waals surface area contributed by atoms with Crippen molar-refractivity contribution in [1.82, 2.24) is 0 Å². The van der Waals surface area contributed by atoms with E-state index in [4.69, 9.17) is 4.42 Å². The van der Waals surface area contributed by atoms with Crippen LogP contribution in [0.25, 0.3) is 0 Å². The highest BCUT2D eigenvalue weighted by Crippen LogP contribution is 2.22. The molecule has 1 aromatic carbocycles. The summed E-state index contributed by atoms with van der Waals surface area (Å²) in [6.07, 6.45) is 1.55. The summed E-state index contributed by atoms with van der Waals surface area (Å²) in [7, 11) is 0. The normalized spacial score (nSPS) is 10.1. The third kappa shape index (κ3) is 2.33. The molecule has 16 heavy (non-hydrogen) atoms. The maximum atomic E-state index is 11.8. The molecule has 0 atom stereocenters. The van der Waals surface area contributed by atoms with E-state index < -0.39 is 0 Å². The molecule has 0 aliphatic rings. The molecule has 1 amide bonds. The second-order valence-corrected chi connectivity index (χ2v) is 4.28. The van der Waals surface area contributed by atoms with Crippen LogP contribution in [0, 0.1) is 6.92 Å². The van der Waals surface area contributed by atoms with Crippen molar-refractivity contribution in [2.45, 2.75) is 6.92 Å². The Kier molecular flexibility index (Phi) is 3.10. The first kappa shape index (κ1) is 11.0. The number of amides is 1. The van der Waals surface area contributed by atoms with Crippen LogP contribution in [0.2, 0.25) is 0 Å². The summed E-state index contributed by atoms with van der Waals surface area (Å²) in [6, 6.07) is 9.12. The molecular formula is C12H10BrNO2. The maximum Gasteiger partial charge on any atom is 0.291 e. The third-order valence-corrected chi connectivity index (χ3v) is 2.77. The van der Waals surface area contributed by atoms with Gasteiger partial charge in [-0.2, -0.15) is 0 Å². The Bertz CT molecular complexity index is 519. The predicted molar refractivity (Wildman–Crippen MR) is 65.5 cm³/mol. The van der Waals surface area contributed by atoms with Gasteiger partial charge in [-0.1, -0.05) is 12.1 Å². The molecule has 0 radical (unpaired) electrons. The predicted octanol–water partition coefficient (Wildman–Crippen LogP) is 3.60. The lowest BCUT2D eigenvalue weighted by molar-refractivity contribution is 0.0996. The van der Waals surface area contributed by atoms with Crippen molar-refractivity contribution >= 4 is 27.5 Å². The van der Waals surface area contributed by atoms with E-state index in [-0.39, 0.29) is 5.91 Å². The number of carbonyl (C=O) groups is 1. The SMILES string of the molecule is Cc1coc(C(=O)Nc2ccccc2Br)c1. The van der Waals surface area contributed by atoms with Crippen LogP contribution in [-0.4, -0.2) is 5.91 Å². The van der Waals surface area contributed by atoms with Crippen LogP contribution in [0.3, 0.4) is 0 Å². The summed E-state index contributed by atoms with van der Waals surface area (Å²) >= 11 is 3.36. The number of hydrogen-bond acceptors (Lipinski definition) is 2. The molecule has 0 bridgehead atoms. The van der Waals surface area contributed by atoms with Crippen molar-refractivity contribution in [2.75, 3.05) is 5.32 Å². The molecule has 0 fully saturated rings. The van der Waals surface area contributed by atoms with Crippen molar-refractivity contribution < 1.29 is 9.21 Å². The van der Waals surface area contributed by atoms with Crippen LogP contribution >= 0.6 is 15.9 Å². The van der Waals surface area contributed by atoms with Crippen LogP contribution in [0.1, 0.15) is 16.1 Å². The first-order chi connectivity index (χ1) is 7.66. The van der Waals surface area contributed by atoms with Gasteiger partial charge in [0.15, 0.2) is 5.76 Å². The number of halogens is 1. The molecule has 4 heteroatoms. The number of benzene rings is 1. The molecule has 1 aromatic heterocycles. The summed E-state index contributed by atoms with van der Waals surface area (Å²) in [5.41, 5.74) is 1.65. The van der Waals surface area contributed by atoms with Crippen LogP contribution in [0.15, 0.2) is 45.5 Å². The second-order valence-electron chi connectivity index (χ2n) is 3.42. The Hall–Kier alpha value is -1.55. The van der Waals surface area contributed by atoms with Gasteiger partial charge in [-0.3, -0.25) is 4.79 Å². The van der Waals surface area contributed by atoms with Crippen LogP contribution < -0.4 is 5.32 Å². The molecule has 0 aliphatic heterocycles. The summed E-state index contributed by atoms with van der Waals surface area (Å²) < 4.78 is 5.95. The van der Waals surface area contributed by atoms with Crippen molar-refractivity contribution in [3.63, 3.8) is 0 Å². The van der Waals surface area contributed by atoms with Gasteiger partial charge in [0.1, 0.15) is 0 Å². The molecule has 0 unspecified atom stereocenters. The van der Waals surface area contributed by atoms with Gasteiger partial charge >= 0.3 is 0 Å². The number of furan rings is 1. The van der Waals surface area contributed by atoms with Gasteiger partial charge in [0.05, 0.1) is 12.0 Å². The van der Waals surface area contributed by atoms with Crippen molar-refractivity contribution in [3.8, 4) is 0 Å². The molecule has 3 nitrogen and oxygen atoms in total. The largest absolute Gasteiger partial charge is 0.459 e. The van der Waals surface area contributed by atoms with E-state index in [0.29, 0.717) is 5.76 Å². The van der Waals surface area contributed by atoms with Gasteiger partial charge in [-0.05, 0) is 46.6 Å². The van der Waals surface area contributed by atoms with Gasteiger partial charge in [-0.25, -0.2) is 0 Å². The lowest BCUT2D eigenvalue weighted by atomic mass is 10.3. The third-order valence-electron chi connectivity index (χ3n) is 2.08. The van der Waals surface area contributed by atoms with E-state index in [1.807, 2.05) is 31.2 Å². The zero-order valence-electron chi connectivity index (χ0n) is 8.66. The number of aryl methyl sites for hydroxylation is 1. The van der Waals surface area contributed by atoms with Gasteiger partial charge in [-0.15, -0.1) is 0 Å². The van der Waals surface area contributed by atoms with E-state index in [1.165, 1.54) is 0 Å². The van der Waals surface area contributed by atoms with Gasteiger partial charge < -0.3 is 9.73 Å². The van der Waals surface area contributed by atoms with E-state index in [1.54, 1.807) is 12.3 Å². The molecule has 2 aromatic rings. The molecule has 0 saturated carbocycles. The fourth-order valence-electron chi connectivity index (χ4n) is 1.30. The van der Waals surface area contributed by atoms with Crippen molar-refractivity contribution in [1.29, 1.82) is 0 Å². The highest BCUT2D eigenvalue weighted by Gasteiger charge is 2.11. The Labute approximate surface area is 102 Å². The van der Waals surface area contributed by atoms with Crippen LogP contribution in [0.4, 0.5) is 5.69 Å². The topological polar surface area (TPSA) is 42.2 Å². The number of anilines is 1. The summed E-state index contributed by atoms with van der Waals surface area (Å²) in [6.45, 7) is 1.87. The number of rotatable bonds is 2. The molecule has 0 aliphatic carbocycles. The second kappa shape index (κ2) is 4.53. The first-order valence-electron chi connectivity index (χ1n) is 4.78. The van der Waals surface area contributed by atoms with Gasteiger partial charge in [0, 0.05) is 4.47 Å². The Morgan fingerprint density at radius 3 is 2.75 bits per heavy atom. The molecule has 82 valence electrons. The molecule has 1 N–H and O–H groups in total. The molecule has 2 rings (SSSR count). The average molecular weight is 280 g/mol. The van der Waals surface area contributed by atoms with E-state index in [2.05, 4.69) is 21.2 Å². The van der Waals surface area contributed by atoms with Crippen molar-refractivity contribution in [3.05, 3.63) is 52.4 Å². The van der Waals surface area contributed by atoms with Crippen LogP contribution in [-0.2, 0) is 0 Å². The number of carbonyl (C=O) groups excluding carboxylic acids is 1. The molecule has 0 saturated heterocycles. The minimum Gasteiger partial charge on any atom is -0.459 e. The minimum absolute atomic E-state index is 0.250. The molecule has 1 heterocycles. The standard InChI is InChI=1S/C12H10BrNO2/c1-8-6-11(16-7-8)12(15)14-10-5-3-2-4-9(10)13/h2-7H,1H3,(H,14,15). The van der Waals surface area contributed by atoms with Crippen LogP contribution in [0.5, 0.6) is 0 Å². The van der Waals surface area contributed by atoms with E-state index in [0.717, 1.165) is 15.7 Å². The molecular weight excluding hydrogens is 270 g/mol. The number of para-hydroxylation sites is 1. The minimum atomic E-state index is -0.250. The highest BCUT2D eigenvalue weighted by atomic mass is 79.9. The maximum absolute atomic E-state index is 11.8. The summed E-state index contributed by atoms with van der Waals surface area (Å²) in [5.74, 6) is 0.0632. The Morgan fingerprint density at radius 1 is 1.38 bits per heavy atom. The quantitative estimate of drug-likeness (QED) is 0.913. The summed E-state index contributed by atoms with van der Waals surface area (Å²) in [5, 5.41) is 2.76. The lowest BCUT2D eigenvalue weighted by Gasteiger charge is -2.04. The van der Waals surface area contributed by atoms with Gasteiger partial charge in [0.2, 0.25) is 0 Å². The summed E-state index contributed by atoms with van der Waals surface area (Å²) in [4.78, 5) is 11.8. The monoisotopic (exact) mass is 279 g/mol. The lowest BCUT2D eigenvalue weighted by Crippen LogP contribution is -2.11. The number of nitrogens with one attached hydrogen (secondary N) is 1. The van der Waals surface area contributed by atoms with E-state index >= 15 is 0 Å². The fourth-order valence-corrected chi connectivity index (χ4v) is 1.68. The van der Waals surface area contributed by atoms with Gasteiger partial charge in [0.25, 0.3) is 5.91 Å². The number of hydrogen-bond donors (Lipinski definition) is 1. The highest BCUT2D eigenvalue weighted by molar-refractivity contribution is 9.10. The zero-order valence-corrected chi connectivity index (χ0v) is 10.2. The molecule has 0 spiro atoms. The smallest absolute Gasteiger partial charge is 0.291 e. The van der Waals surface area contributed by atoms with E-state index in [9.17, 15) is 4.79 Å². The van der Waals surface area contributed by atoms with Crippen molar-refractivity contribution in [2.24, 2.45) is 0 Å². The zero-order chi connectivity index (χ0) is 11.5. The fraction of sp³-hybridized carbons (Fsp3) is 0.0833. The Balaban J connectivity index is 2.17.